The van der Waals surface area contributed by atoms with E-state index in [0.717, 1.165) is 51.4 Å². The van der Waals surface area contributed by atoms with Crippen molar-refractivity contribution in [2.24, 2.45) is 5.92 Å². The Bertz CT molecular complexity index is 513. The molecule has 128 valence electrons. The van der Waals surface area contributed by atoms with Gasteiger partial charge in [0.2, 0.25) is 0 Å². The van der Waals surface area contributed by atoms with Gasteiger partial charge in [-0.2, -0.15) is 0 Å². The van der Waals surface area contributed by atoms with Gasteiger partial charge in [-0.15, -0.1) is 0 Å². The van der Waals surface area contributed by atoms with Crippen LogP contribution in [0.2, 0.25) is 0 Å². The molecule has 0 bridgehead atoms. The van der Waals surface area contributed by atoms with E-state index in [0.29, 0.717) is 0 Å². The molecule has 0 radical (unpaired) electrons. The number of nitrogens with one attached hydrogen (secondary N) is 1. The number of aryl methyl sites for hydroxylation is 1. The van der Waals surface area contributed by atoms with E-state index in [1.54, 1.807) is 0 Å². The zero-order chi connectivity index (χ0) is 16.2. The van der Waals surface area contributed by atoms with E-state index in [1.165, 1.54) is 24.1 Å². The molecule has 1 aromatic rings. The Morgan fingerprint density at radius 1 is 1.22 bits per heavy atom. The highest BCUT2D eigenvalue weighted by molar-refractivity contribution is 5.57. The van der Waals surface area contributed by atoms with Gasteiger partial charge in [0.1, 0.15) is 0 Å². The Hall–Kier alpha value is -1.10. The molecule has 2 N–H and O–H groups in total. The first-order chi connectivity index (χ1) is 11.2. The molecule has 0 amide bonds. The topological polar surface area (TPSA) is 38.7 Å². The van der Waals surface area contributed by atoms with E-state index in [2.05, 4.69) is 47.2 Å². The van der Waals surface area contributed by atoms with Crippen molar-refractivity contribution in [3.8, 4) is 0 Å². The highest BCUT2D eigenvalue weighted by Crippen LogP contribution is 2.32. The van der Waals surface area contributed by atoms with Crippen molar-refractivity contribution in [2.75, 3.05) is 50.7 Å². The molecule has 4 heteroatoms. The van der Waals surface area contributed by atoms with Crippen LogP contribution >= 0.6 is 0 Å². The van der Waals surface area contributed by atoms with Crippen LogP contribution in [0.3, 0.4) is 0 Å². The summed E-state index contributed by atoms with van der Waals surface area (Å²) in [6.45, 7) is 11.8. The Balaban J connectivity index is 1.70. The summed E-state index contributed by atoms with van der Waals surface area (Å²) < 4.78 is 0. The fourth-order valence-corrected chi connectivity index (χ4v) is 3.91. The van der Waals surface area contributed by atoms with E-state index < -0.39 is 0 Å². The molecular weight excluding hydrogens is 286 g/mol. The molecule has 1 fully saturated rings. The molecule has 23 heavy (non-hydrogen) atoms. The van der Waals surface area contributed by atoms with Gasteiger partial charge in [0, 0.05) is 51.5 Å². The SMILES string of the molecule is CCN1CCCc2ccc(C(O)C(C)CN3CCNCC3)cc21. The Morgan fingerprint density at radius 3 is 2.74 bits per heavy atom. The van der Waals surface area contributed by atoms with Gasteiger partial charge in [0.15, 0.2) is 0 Å². The largest absolute Gasteiger partial charge is 0.388 e. The van der Waals surface area contributed by atoms with Crippen molar-refractivity contribution < 1.29 is 5.11 Å². The van der Waals surface area contributed by atoms with Crippen LogP contribution < -0.4 is 10.2 Å². The van der Waals surface area contributed by atoms with Gasteiger partial charge in [-0.05, 0) is 42.9 Å². The van der Waals surface area contributed by atoms with Gasteiger partial charge in [0.25, 0.3) is 0 Å². The van der Waals surface area contributed by atoms with Crippen LogP contribution in [0.15, 0.2) is 18.2 Å². The number of aliphatic hydroxyl groups is 1. The Labute approximate surface area is 140 Å². The second-order valence-corrected chi connectivity index (χ2v) is 7.04. The maximum absolute atomic E-state index is 10.8. The number of fused-ring (bicyclic) bond motifs is 1. The van der Waals surface area contributed by atoms with E-state index in [4.69, 9.17) is 0 Å². The van der Waals surface area contributed by atoms with Crippen molar-refractivity contribution >= 4 is 5.69 Å². The smallest absolute Gasteiger partial charge is 0.0828 e. The summed E-state index contributed by atoms with van der Waals surface area (Å²) in [7, 11) is 0. The molecule has 1 aromatic carbocycles. The van der Waals surface area contributed by atoms with Gasteiger partial charge < -0.3 is 20.2 Å². The van der Waals surface area contributed by atoms with Crippen LogP contribution in [0.5, 0.6) is 0 Å². The van der Waals surface area contributed by atoms with E-state index in [1.807, 2.05) is 0 Å². The van der Waals surface area contributed by atoms with Crippen LogP contribution in [0, 0.1) is 5.92 Å². The standard InChI is InChI=1S/C19H31N3O/c1-3-22-10-4-5-16-6-7-17(13-18(16)22)19(23)15(2)14-21-11-8-20-9-12-21/h6-7,13,15,19-20,23H,3-5,8-12,14H2,1-2H3. The first kappa shape index (κ1) is 16.7. The fraction of sp³-hybridized carbons (Fsp3) is 0.684. The minimum atomic E-state index is -0.379. The third-order valence-electron chi connectivity index (χ3n) is 5.34. The monoisotopic (exact) mass is 317 g/mol. The van der Waals surface area contributed by atoms with Crippen molar-refractivity contribution in [1.82, 2.24) is 10.2 Å². The number of benzene rings is 1. The molecule has 2 atom stereocenters. The molecule has 4 nitrogen and oxygen atoms in total. The fourth-order valence-electron chi connectivity index (χ4n) is 3.91. The summed E-state index contributed by atoms with van der Waals surface area (Å²) in [6.07, 6.45) is 2.02. The molecule has 1 saturated heterocycles. The molecule has 2 aliphatic heterocycles. The minimum absolute atomic E-state index is 0.254. The molecule has 3 rings (SSSR count). The maximum Gasteiger partial charge on any atom is 0.0828 e. The Morgan fingerprint density at radius 2 is 2.00 bits per heavy atom. The van der Waals surface area contributed by atoms with Crippen LogP contribution in [0.4, 0.5) is 5.69 Å². The van der Waals surface area contributed by atoms with Crippen molar-refractivity contribution in [3.05, 3.63) is 29.3 Å². The molecule has 0 saturated carbocycles. The number of hydrogen-bond donors (Lipinski definition) is 2. The van der Waals surface area contributed by atoms with Gasteiger partial charge in [0.05, 0.1) is 6.10 Å². The third kappa shape index (κ3) is 3.87. The second-order valence-electron chi connectivity index (χ2n) is 7.04. The number of aliphatic hydroxyl groups excluding tert-OH is 1. The molecule has 2 aliphatic rings. The van der Waals surface area contributed by atoms with Crippen LogP contribution in [0.1, 0.15) is 37.5 Å². The number of anilines is 1. The lowest BCUT2D eigenvalue weighted by atomic mass is 9.92. The summed E-state index contributed by atoms with van der Waals surface area (Å²) in [5.74, 6) is 0.254. The average Bonchev–Trinajstić information content (AvgIpc) is 2.60. The molecule has 2 unspecified atom stereocenters. The molecule has 0 spiro atoms. The number of hydrogen-bond acceptors (Lipinski definition) is 4. The average molecular weight is 317 g/mol. The Kier molecular flexibility index (Phi) is 5.57. The van der Waals surface area contributed by atoms with Gasteiger partial charge in [-0.3, -0.25) is 0 Å². The number of rotatable bonds is 5. The third-order valence-corrected chi connectivity index (χ3v) is 5.34. The summed E-state index contributed by atoms with van der Waals surface area (Å²) in [6, 6.07) is 6.60. The van der Waals surface area contributed by atoms with E-state index in [-0.39, 0.29) is 12.0 Å². The summed E-state index contributed by atoms with van der Waals surface area (Å²) >= 11 is 0. The second kappa shape index (κ2) is 7.65. The summed E-state index contributed by atoms with van der Waals surface area (Å²) in [4.78, 5) is 4.90. The molecule has 2 heterocycles. The highest BCUT2D eigenvalue weighted by Gasteiger charge is 2.23. The number of nitrogens with zero attached hydrogens (tertiary/aromatic N) is 2. The molecule has 0 aliphatic carbocycles. The first-order valence-electron chi connectivity index (χ1n) is 9.18. The predicted octanol–water partition coefficient (Wildman–Crippen LogP) is 2.03. The lowest BCUT2D eigenvalue weighted by molar-refractivity contribution is 0.0842. The zero-order valence-corrected chi connectivity index (χ0v) is 14.6. The highest BCUT2D eigenvalue weighted by atomic mass is 16.3. The van der Waals surface area contributed by atoms with E-state index >= 15 is 0 Å². The number of piperazine rings is 1. The quantitative estimate of drug-likeness (QED) is 0.872. The zero-order valence-electron chi connectivity index (χ0n) is 14.6. The predicted molar refractivity (Wildman–Crippen MR) is 96.1 cm³/mol. The van der Waals surface area contributed by atoms with Gasteiger partial charge in [-0.1, -0.05) is 19.1 Å². The summed E-state index contributed by atoms with van der Waals surface area (Å²) in [5, 5.41) is 14.2. The summed E-state index contributed by atoms with van der Waals surface area (Å²) in [5.41, 5.74) is 3.85. The van der Waals surface area contributed by atoms with Crippen LogP contribution in [-0.2, 0) is 6.42 Å². The van der Waals surface area contributed by atoms with Crippen molar-refractivity contribution in [2.45, 2.75) is 32.8 Å². The van der Waals surface area contributed by atoms with Crippen LogP contribution in [0.25, 0.3) is 0 Å². The van der Waals surface area contributed by atoms with Crippen molar-refractivity contribution in [1.29, 1.82) is 0 Å². The van der Waals surface area contributed by atoms with Gasteiger partial charge in [-0.25, -0.2) is 0 Å². The first-order valence-corrected chi connectivity index (χ1v) is 9.18. The minimum Gasteiger partial charge on any atom is -0.388 e. The normalized spacial score (nSPS) is 21.8. The van der Waals surface area contributed by atoms with Gasteiger partial charge >= 0.3 is 0 Å². The molecule has 0 aromatic heterocycles. The lowest BCUT2D eigenvalue weighted by Crippen LogP contribution is -2.45. The maximum atomic E-state index is 10.8. The van der Waals surface area contributed by atoms with Crippen LogP contribution in [-0.4, -0.2) is 55.8 Å². The molecular formula is C19H31N3O. The van der Waals surface area contributed by atoms with E-state index in [9.17, 15) is 5.11 Å². The lowest BCUT2D eigenvalue weighted by Gasteiger charge is -2.33. The van der Waals surface area contributed by atoms with Crippen molar-refractivity contribution in [3.63, 3.8) is 0 Å².